The van der Waals surface area contributed by atoms with Crippen molar-refractivity contribution in [2.75, 3.05) is 0 Å². The lowest BCUT2D eigenvalue weighted by Crippen LogP contribution is -2.39. The predicted molar refractivity (Wildman–Crippen MR) is 36.7 cm³/mol. The fraction of sp³-hybridized carbons (Fsp3) is 0.600. The molecule has 0 fully saturated rings. The minimum absolute atomic E-state index is 3.68. The van der Waals surface area contributed by atoms with E-state index in [1.807, 2.05) is 0 Å². The minimum Gasteiger partial charge on any atom is -0.281 e. The number of allylic oxidation sites excluding steroid dienone is 2. The second kappa shape index (κ2) is 4.40. The first-order chi connectivity index (χ1) is 7.23. The molecular formula is C5H2F8O3S. The van der Waals surface area contributed by atoms with Crippen LogP contribution in [0.5, 0.6) is 0 Å². The van der Waals surface area contributed by atoms with E-state index in [1.54, 1.807) is 0 Å². The van der Waals surface area contributed by atoms with Gasteiger partial charge in [0.05, 0.1) is 0 Å². The topological polar surface area (TPSA) is 54.4 Å². The first-order valence-electron chi connectivity index (χ1n) is 3.34. The average Bonchev–Trinajstić information content (AvgIpc) is 2.10. The summed E-state index contributed by atoms with van der Waals surface area (Å²) in [6.07, 6.45) is -10.9. The van der Waals surface area contributed by atoms with Gasteiger partial charge in [-0.2, -0.15) is 34.8 Å². The van der Waals surface area contributed by atoms with Crippen LogP contribution in [-0.2, 0) is 10.1 Å². The molecule has 0 aliphatic rings. The zero-order valence-electron chi connectivity index (χ0n) is 7.27. The summed E-state index contributed by atoms with van der Waals surface area (Å²) in [5.74, 6) is -7.53. The summed E-state index contributed by atoms with van der Waals surface area (Å²) in [5, 5.41) is -5.94. The van der Waals surface area contributed by atoms with E-state index in [4.69, 9.17) is 4.55 Å². The van der Waals surface area contributed by atoms with Gasteiger partial charge in [0.1, 0.15) is 0 Å². The van der Waals surface area contributed by atoms with Crippen molar-refractivity contribution in [2.24, 2.45) is 0 Å². The molecule has 0 aromatic carbocycles. The smallest absolute Gasteiger partial charge is 0.281 e. The lowest BCUT2D eigenvalue weighted by atomic mass is 10.3. The fourth-order valence-corrected chi connectivity index (χ4v) is 0.890. The molecule has 0 aliphatic carbocycles. The molecule has 0 saturated heterocycles. The Balaban J connectivity index is 5.58. The highest BCUT2D eigenvalue weighted by molar-refractivity contribution is 7.86. The highest BCUT2D eigenvalue weighted by atomic mass is 32.2. The molecule has 102 valence electrons. The van der Waals surface area contributed by atoms with Crippen molar-refractivity contribution < 1.29 is 48.1 Å². The summed E-state index contributed by atoms with van der Waals surface area (Å²) in [5.41, 5.74) is 0. The van der Waals surface area contributed by atoms with Gasteiger partial charge < -0.3 is 0 Å². The molecule has 12 heteroatoms. The number of hydrogen-bond acceptors (Lipinski definition) is 2. The normalized spacial score (nSPS) is 17.7. The quantitative estimate of drug-likeness (QED) is 0.643. The van der Waals surface area contributed by atoms with E-state index >= 15 is 0 Å². The molecule has 1 unspecified atom stereocenters. The Morgan fingerprint density at radius 3 is 1.65 bits per heavy atom. The maximum atomic E-state index is 12.4. The third-order valence-corrected chi connectivity index (χ3v) is 2.21. The van der Waals surface area contributed by atoms with E-state index in [1.165, 1.54) is 0 Å². The van der Waals surface area contributed by atoms with Crippen LogP contribution in [0.4, 0.5) is 35.1 Å². The molecule has 3 nitrogen and oxygen atoms in total. The van der Waals surface area contributed by atoms with Crippen LogP contribution in [0.25, 0.3) is 0 Å². The Morgan fingerprint density at radius 1 is 1.06 bits per heavy atom. The van der Waals surface area contributed by atoms with Gasteiger partial charge in [0.15, 0.2) is 5.83 Å². The molecule has 0 aromatic heterocycles. The van der Waals surface area contributed by atoms with Crippen molar-refractivity contribution in [2.45, 2.75) is 17.6 Å². The summed E-state index contributed by atoms with van der Waals surface area (Å²) in [6.45, 7) is 0. The molecule has 1 atom stereocenters. The lowest BCUT2D eigenvalue weighted by molar-refractivity contribution is -0.114. The van der Waals surface area contributed by atoms with Gasteiger partial charge in [-0.05, 0) is 0 Å². The van der Waals surface area contributed by atoms with Gasteiger partial charge in [0.2, 0.25) is 12.0 Å². The maximum Gasteiger partial charge on any atom is 0.445 e. The Labute approximate surface area is 88.5 Å². The van der Waals surface area contributed by atoms with E-state index in [2.05, 4.69) is 0 Å². The third-order valence-electron chi connectivity index (χ3n) is 1.32. The maximum absolute atomic E-state index is 12.4. The Morgan fingerprint density at radius 2 is 1.41 bits per heavy atom. The van der Waals surface area contributed by atoms with Crippen LogP contribution >= 0.6 is 0 Å². The SMILES string of the molecule is O=S(=O)(O)C(F)(F)C(F)C(F)=C(F)C(F)(F)F. The lowest BCUT2D eigenvalue weighted by Gasteiger charge is -2.16. The second-order valence-electron chi connectivity index (χ2n) is 2.56. The number of alkyl halides is 6. The first-order valence-corrected chi connectivity index (χ1v) is 4.78. The van der Waals surface area contributed by atoms with Crippen molar-refractivity contribution in [3.8, 4) is 0 Å². The Kier molecular flexibility index (Phi) is 4.17. The van der Waals surface area contributed by atoms with Gasteiger partial charge in [-0.15, -0.1) is 0 Å². The molecule has 0 bridgehead atoms. The molecule has 0 rings (SSSR count). The van der Waals surface area contributed by atoms with E-state index in [-0.39, 0.29) is 0 Å². The van der Waals surface area contributed by atoms with Crippen LogP contribution < -0.4 is 0 Å². The van der Waals surface area contributed by atoms with Crippen molar-refractivity contribution in [1.29, 1.82) is 0 Å². The molecule has 0 heterocycles. The summed E-state index contributed by atoms with van der Waals surface area (Å²) in [4.78, 5) is 0. The Bertz CT molecular complexity index is 421. The largest absolute Gasteiger partial charge is 0.445 e. The number of rotatable bonds is 3. The molecule has 17 heavy (non-hydrogen) atoms. The average molecular weight is 294 g/mol. The summed E-state index contributed by atoms with van der Waals surface area (Å²) < 4.78 is 123. The van der Waals surface area contributed by atoms with Crippen molar-refractivity contribution >= 4 is 10.1 Å². The zero-order chi connectivity index (χ0) is 14.2. The fourth-order valence-electron chi connectivity index (χ4n) is 0.525. The molecular weight excluding hydrogens is 292 g/mol. The van der Waals surface area contributed by atoms with Gasteiger partial charge in [-0.25, -0.2) is 8.78 Å². The number of halogens is 8. The van der Waals surface area contributed by atoms with Gasteiger partial charge in [-0.3, -0.25) is 4.55 Å². The molecule has 0 saturated carbocycles. The molecule has 0 aromatic rings. The molecule has 0 spiro atoms. The number of hydrogen-bond donors (Lipinski definition) is 1. The van der Waals surface area contributed by atoms with Crippen LogP contribution in [0, 0.1) is 0 Å². The van der Waals surface area contributed by atoms with E-state index < -0.39 is 39.4 Å². The van der Waals surface area contributed by atoms with Gasteiger partial charge in [-0.1, -0.05) is 0 Å². The van der Waals surface area contributed by atoms with Crippen molar-refractivity contribution in [3.05, 3.63) is 11.7 Å². The van der Waals surface area contributed by atoms with Gasteiger partial charge in [0, 0.05) is 0 Å². The van der Waals surface area contributed by atoms with Gasteiger partial charge in [0.25, 0.3) is 0 Å². The molecule has 0 amide bonds. The molecule has 0 aliphatic heterocycles. The van der Waals surface area contributed by atoms with Crippen molar-refractivity contribution in [3.63, 3.8) is 0 Å². The first kappa shape index (κ1) is 16.1. The monoisotopic (exact) mass is 294 g/mol. The van der Waals surface area contributed by atoms with Crippen LogP contribution in [-0.4, -0.2) is 30.6 Å². The summed E-state index contributed by atoms with van der Waals surface area (Å²) >= 11 is 0. The second-order valence-corrected chi connectivity index (χ2v) is 4.05. The highest BCUT2D eigenvalue weighted by Crippen LogP contribution is 2.38. The van der Waals surface area contributed by atoms with Crippen LogP contribution in [0.15, 0.2) is 11.7 Å². The molecule has 0 radical (unpaired) electrons. The van der Waals surface area contributed by atoms with Crippen LogP contribution in [0.2, 0.25) is 0 Å². The predicted octanol–water partition coefficient (Wildman–Crippen LogP) is 2.52. The van der Waals surface area contributed by atoms with E-state index in [9.17, 15) is 43.5 Å². The summed E-state index contributed by atoms with van der Waals surface area (Å²) in [6, 6.07) is 0. The third kappa shape index (κ3) is 3.28. The van der Waals surface area contributed by atoms with Crippen LogP contribution in [0.1, 0.15) is 0 Å². The minimum atomic E-state index is -6.54. The zero-order valence-corrected chi connectivity index (χ0v) is 8.09. The molecule has 1 N–H and O–H groups in total. The van der Waals surface area contributed by atoms with Crippen LogP contribution in [0.3, 0.4) is 0 Å². The highest BCUT2D eigenvalue weighted by Gasteiger charge is 2.57. The standard InChI is InChI=1S/C5H2F8O3S/c6-1(2(7)4(9,10)11)3(8)5(12,13)17(14,15)16/h3H,(H,14,15,16). The van der Waals surface area contributed by atoms with E-state index in [0.717, 1.165) is 0 Å². The Hall–Kier alpha value is -0.910. The summed E-state index contributed by atoms with van der Waals surface area (Å²) in [7, 11) is -6.54. The van der Waals surface area contributed by atoms with Crippen molar-refractivity contribution in [1.82, 2.24) is 0 Å². The van der Waals surface area contributed by atoms with Gasteiger partial charge >= 0.3 is 21.5 Å². The van der Waals surface area contributed by atoms with E-state index in [0.29, 0.717) is 0 Å².